The van der Waals surface area contributed by atoms with Gasteiger partial charge in [-0.3, -0.25) is 14.2 Å². The van der Waals surface area contributed by atoms with Gasteiger partial charge in [0.05, 0.1) is 12.6 Å². The van der Waals surface area contributed by atoms with Gasteiger partial charge in [0.2, 0.25) is 0 Å². The molecule has 0 spiro atoms. The number of carbonyl (C=O) groups is 1. The summed E-state index contributed by atoms with van der Waals surface area (Å²) in [6, 6.07) is 1.97. The van der Waals surface area contributed by atoms with Crippen molar-refractivity contribution < 1.29 is 4.79 Å². The maximum Gasteiger partial charge on any atom is 0.273 e. The number of fused-ring (bicyclic) bond motifs is 1. The molecule has 0 aliphatic carbocycles. The Hall–Kier alpha value is -2.48. The van der Waals surface area contributed by atoms with Crippen LogP contribution in [-0.4, -0.2) is 24.9 Å². The summed E-state index contributed by atoms with van der Waals surface area (Å²) in [5.74, 6) is -1.40. The first kappa shape index (κ1) is 18.3. The van der Waals surface area contributed by atoms with Gasteiger partial charge in [0.25, 0.3) is 5.56 Å². The van der Waals surface area contributed by atoms with Crippen LogP contribution in [-0.2, 0) is 17.9 Å². The SMILES string of the molecule is C=CCn1c(=S)sc2c(=O)n(CC(=O)C(C#N)c3nc(C)cs3)cnc21. The minimum absolute atomic E-state index is 0.245. The van der Waals surface area contributed by atoms with Crippen molar-refractivity contribution in [3.05, 3.63) is 49.4 Å². The zero-order valence-corrected chi connectivity index (χ0v) is 16.2. The van der Waals surface area contributed by atoms with Crippen LogP contribution in [0.2, 0.25) is 0 Å². The number of nitrogens with zero attached hydrogens (tertiary/aromatic N) is 5. The lowest BCUT2D eigenvalue weighted by Crippen LogP contribution is -2.27. The van der Waals surface area contributed by atoms with Gasteiger partial charge < -0.3 is 4.57 Å². The molecule has 10 heteroatoms. The van der Waals surface area contributed by atoms with Crippen molar-refractivity contribution in [3.8, 4) is 6.07 Å². The highest BCUT2D eigenvalue weighted by Crippen LogP contribution is 2.22. The van der Waals surface area contributed by atoms with Gasteiger partial charge in [-0.15, -0.1) is 17.9 Å². The number of ketones is 1. The lowest BCUT2D eigenvalue weighted by molar-refractivity contribution is -0.120. The fourth-order valence-electron chi connectivity index (χ4n) is 2.40. The molecule has 0 radical (unpaired) electrons. The average Bonchev–Trinajstić information content (AvgIpc) is 3.16. The highest BCUT2D eigenvalue weighted by molar-refractivity contribution is 7.73. The van der Waals surface area contributed by atoms with Crippen LogP contribution >= 0.6 is 34.9 Å². The highest BCUT2D eigenvalue weighted by atomic mass is 32.1. The van der Waals surface area contributed by atoms with Crippen molar-refractivity contribution in [2.75, 3.05) is 0 Å². The second-order valence-electron chi connectivity index (χ2n) is 5.45. The molecular formula is C16H13N5O2S3. The Bertz CT molecular complexity index is 1160. The molecule has 132 valence electrons. The minimum Gasteiger partial charge on any atom is -0.304 e. The Balaban J connectivity index is 1.96. The molecule has 0 N–H and O–H groups in total. The number of hydrogen-bond donors (Lipinski definition) is 0. The molecule has 0 aliphatic rings. The molecule has 7 nitrogen and oxygen atoms in total. The van der Waals surface area contributed by atoms with Crippen molar-refractivity contribution >= 4 is 51.0 Å². The van der Waals surface area contributed by atoms with E-state index >= 15 is 0 Å². The van der Waals surface area contributed by atoms with Crippen LogP contribution in [0.5, 0.6) is 0 Å². The van der Waals surface area contributed by atoms with Crippen LogP contribution in [0.1, 0.15) is 16.6 Å². The highest BCUT2D eigenvalue weighted by Gasteiger charge is 2.24. The van der Waals surface area contributed by atoms with Crippen LogP contribution in [0.4, 0.5) is 0 Å². The summed E-state index contributed by atoms with van der Waals surface area (Å²) in [4.78, 5) is 33.7. The van der Waals surface area contributed by atoms with Crippen LogP contribution in [0.15, 0.2) is 29.2 Å². The standard InChI is InChI=1S/C16H13N5O2S3/c1-3-4-21-13-12(26-16(21)24)15(23)20(8-18-13)6-11(22)10(5-17)14-19-9(2)7-25-14/h3,7-8,10H,1,4,6H2,2H3. The van der Waals surface area contributed by atoms with E-state index in [1.165, 1.54) is 22.2 Å². The van der Waals surface area contributed by atoms with E-state index in [2.05, 4.69) is 16.5 Å². The van der Waals surface area contributed by atoms with E-state index in [9.17, 15) is 14.9 Å². The fourth-order valence-corrected chi connectivity index (χ4v) is 4.58. The predicted octanol–water partition coefficient (Wildman–Crippen LogP) is 2.82. The Morgan fingerprint density at radius 3 is 2.96 bits per heavy atom. The third-order valence-corrected chi connectivity index (χ3v) is 6.07. The summed E-state index contributed by atoms with van der Waals surface area (Å²) in [6.45, 7) is 5.67. The number of thiazole rings is 2. The summed E-state index contributed by atoms with van der Waals surface area (Å²) < 4.78 is 3.82. The van der Waals surface area contributed by atoms with Gasteiger partial charge in [-0.05, 0) is 19.1 Å². The van der Waals surface area contributed by atoms with E-state index in [1.807, 2.05) is 6.07 Å². The van der Waals surface area contributed by atoms with Gasteiger partial charge in [0.15, 0.2) is 21.3 Å². The second-order valence-corrected chi connectivity index (χ2v) is 7.99. The van der Waals surface area contributed by atoms with Crippen molar-refractivity contribution in [2.24, 2.45) is 0 Å². The largest absolute Gasteiger partial charge is 0.304 e. The fraction of sp³-hybridized carbons (Fsp3) is 0.250. The number of carbonyl (C=O) groups excluding carboxylic acids is 1. The molecule has 0 amide bonds. The summed E-state index contributed by atoms with van der Waals surface area (Å²) in [5, 5.41) is 11.6. The maximum atomic E-state index is 12.7. The Kier molecular flexibility index (Phi) is 5.22. The number of allylic oxidation sites excluding steroid dienone is 1. The van der Waals surface area contributed by atoms with Crippen molar-refractivity contribution in [1.82, 2.24) is 19.1 Å². The first-order valence-corrected chi connectivity index (χ1v) is 9.60. The molecule has 0 saturated heterocycles. The van der Waals surface area contributed by atoms with Crippen molar-refractivity contribution in [3.63, 3.8) is 0 Å². The van der Waals surface area contributed by atoms with E-state index < -0.39 is 11.7 Å². The smallest absolute Gasteiger partial charge is 0.273 e. The Labute approximate surface area is 161 Å². The summed E-state index contributed by atoms with van der Waals surface area (Å²) in [6.07, 6.45) is 2.98. The molecule has 26 heavy (non-hydrogen) atoms. The number of nitriles is 1. The summed E-state index contributed by atoms with van der Waals surface area (Å²) in [5.41, 5.74) is 0.872. The lowest BCUT2D eigenvalue weighted by atomic mass is 10.1. The normalized spacial score (nSPS) is 12.0. The van der Waals surface area contributed by atoms with Gasteiger partial charge in [-0.25, -0.2) is 9.97 Å². The number of hydrogen-bond acceptors (Lipinski definition) is 8. The monoisotopic (exact) mass is 403 g/mol. The number of Topliss-reactive ketones (excluding diaryl/α,β-unsaturated/α-hetero) is 1. The molecule has 3 rings (SSSR count). The third kappa shape index (κ3) is 3.29. The number of aryl methyl sites for hydroxylation is 1. The van der Waals surface area contributed by atoms with Gasteiger partial charge in [-0.2, -0.15) is 5.26 Å². The van der Waals surface area contributed by atoms with E-state index in [1.54, 1.807) is 22.9 Å². The zero-order valence-electron chi connectivity index (χ0n) is 13.7. The first-order chi connectivity index (χ1) is 12.5. The molecule has 3 aromatic rings. The molecule has 0 aromatic carbocycles. The van der Waals surface area contributed by atoms with E-state index in [0.29, 0.717) is 25.9 Å². The molecule has 1 unspecified atom stereocenters. The van der Waals surface area contributed by atoms with Crippen molar-refractivity contribution in [2.45, 2.75) is 25.9 Å². The van der Waals surface area contributed by atoms with Gasteiger partial charge in [-0.1, -0.05) is 17.4 Å². The number of aromatic nitrogens is 4. The van der Waals surface area contributed by atoms with Crippen LogP contribution < -0.4 is 5.56 Å². The first-order valence-electron chi connectivity index (χ1n) is 7.50. The molecule has 0 fully saturated rings. The molecule has 1 atom stereocenters. The molecule has 3 heterocycles. The topological polar surface area (TPSA) is 93.6 Å². The van der Waals surface area contributed by atoms with Crippen molar-refractivity contribution in [1.29, 1.82) is 5.26 Å². The zero-order chi connectivity index (χ0) is 18.8. The van der Waals surface area contributed by atoms with Crippen LogP contribution in [0, 0.1) is 22.2 Å². The predicted molar refractivity (Wildman–Crippen MR) is 103 cm³/mol. The van der Waals surface area contributed by atoms with Gasteiger partial charge >= 0.3 is 0 Å². The van der Waals surface area contributed by atoms with Crippen LogP contribution in [0.25, 0.3) is 10.3 Å². The summed E-state index contributed by atoms with van der Waals surface area (Å²) >= 11 is 7.67. The van der Waals surface area contributed by atoms with E-state index in [0.717, 1.165) is 17.0 Å². The Morgan fingerprint density at radius 2 is 2.35 bits per heavy atom. The second kappa shape index (κ2) is 7.41. The lowest BCUT2D eigenvalue weighted by Gasteiger charge is -2.08. The minimum atomic E-state index is -1.00. The number of rotatable bonds is 6. The molecule has 0 bridgehead atoms. The Morgan fingerprint density at radius 1 is 1.58 bits per heavy atom. The third-order valence-electron chi connectivity index (χ3n) is 3.62. The summed E-state index contributed by atoms with van der Waals surface area (Å²) in [7, 11) is 0. The molecule has 3 aromatic heterocycles. The van der Waals surface area contributed by atoms with Crippen LogP contribution in [0.3, 0.4) is 0 Å². The average molecular weight is 404 g/mol. The molecule has 0 aliphatic heterocycles. The molecular weight excluding hydrogens is 390 g/mol. The van der Waals surface area contributed by atoms with E-state index in [4.69, 9.17) is 12.2 Å². The quantitative estimate of drug-likeness (QED) is 0.464. The maximum absolute atomic E-state index is 12.7. The molecule has 0 saturated carbocycles. The van der Waals surface area contributed by atoms with Gasteiger partial charge in [0, 0.05) is 17.6 Å². The van der Waals surface area contributed by atoms with E-state index in [-0.39, 0.29) is 12.1 Å². The van der Waals surface area contributed by atoms with Gasteiger partial charge in [0.1, 0.15) is 16.0 Å².